The van der Waals surface area contributed by atoms with E-state index in [2.05, 4.69) is 15.1 Å². The zero-order chi connectivity index (χ0) is 24.8. The number of nitrogens with one attached hydrogen (secondary N) is 2. The van der Waals surface area contributed by atoms with Crippen molar-refractivity contribution in [2.45, 2.75) is 11.8 Å². The molecule has 35 heavy (non-hydrogen) atoms. The van der Waals surface area contributed by atoms with Gasteiger partial charge in [0.15, 0.2) is 0 Å². The third-order valence-electron chi connectivity index (χ3n) is 5.38. The molecule has 0 fully saturated rings. The zero-order valence-electron chi connectivity index (χ0n) is 19.4. The van der Waals surface area contributed by atoms with Crippen molar-refractivity contribution in [2.75, 3.05) is 20.2 Å². The summed E-state index contributed by atoms with van der Waals surface area (Å²) in [6.45, 7) is 2.03. The molecule has 0 aliphatic heterocycles. The van der Waals surface area contributed by atoms with Gasteiger partial charge in [0, 0.05) is 24.8 Å². The predicted octanol–water partition coefficient (Wildman–Crippen LogP) is 3.56. The van der Waals surface area contributed by atoms with Crippen LogP contribution in [0.2, 0.25) is 0 Å². The van der Waals surface area contributed by atoms with Crippen LogP contribution < -0.4 is 14.8 Å². The Hall–Kier alpha value is -3.95. The fraction of sp³-hybridized carbons (Fsp3) is 0.154. The Balaban J connectivity index is 1.52. The summed E-state index contributed by atoms with van der Waals surface area (Å²) in [5, 5.41) is 7.44. The van der Waals surface area contributed by atoms with Crippen molar-refractivity contribution in [3.05, 3.63) is 96.2 Å². The van der Waals surface area contributed by atoms with E-state index in [1.807, 2.05) is 55.5 Å². The normalized spacial score (nSPS) is 11.3. The number of hydrogen-bond acceptors (Lipinski definition) is 5. The first-order valence-corrected chi connectivity index (χ1v) is 12.5. The molecule has 180 valence electrons. The maximum Gasteiger partial charge on any atom is 0.255 e. The third kappa shape index (κ3) is 5.59. The fourth-order valence-electron chi connectivity index (χ4n) is 3.55. The molecule has 1 heterocycles. The monoisotopic (exact) mass is 490 g/mol. The second-order valence-corrected chi connectivity index (χ2v) is 9.61. The number of rotatable bonds is 9. The Kier molecular flexibility index (Phi) is 7.28. The number of aryl methyl sites for hydroxylation is 1. The predicted molar refractivity (Wildman–Crippen MR) is 134 cm³/mol. The van der Waals surface area contributed by atoms with Gasteiger partial charge in [-0.3, -0.25) is 4.79 Å². The van der Waals surface area contributed by atoms with Crippen molar-refractivity contribution >= 4 is 15.9 Å². The quantitative estimate of drug-likeness (QED) is 0.349. The summed E-state index contributed by atoms with van der Waals surface area (Å²) < 4.78 is 34.6. The first-order chi connectivity index (χ1) is 16.9. The van der Waals surface area contributed by atoms with Gasteiger partial charge in [-0.25, -0.2) is 17.8 Å². The molecule has 0 bridgehead atoms. The van der Waals surface area contributed by atoms with Gasteiger partial charge in [-0.05, 0) is 43.3 Å². The molecule has 0 spiro atoms. The van der Waals surface area contributed by atoms with E-state index in [1.165, 1.54) is 0 Å². The summed E-state index contributed by atoms with van der Waals surface area (Å²) in [6, 6.07) is 23.4. The maximum atomic E-state index is 13.1. The molecule has 8 nitrogen and oxygen atoms in total. The lowest BCUT2D eigenvalue weighted by atomic mass is 10.1. The molecule has 0 saturated heterocycles. The number of hydrogen-bond donors (Lipinski definition) is 2. The molecule has 1 amide bonds. The number of ether oxygens (including phenoxy) is 1. The molecule has 0 saturated carbocycles. The Morgan fingerprint density at radius 1 is 0.943 bits per heavy atom. The number of nitrogens with zero attached hydrogens (tertiary/aromatic N) is 2. The van der Waals surface area contributed by atoms with Crippen LogP contribution in [0, 0.1) is 6.92 Å². The molecule has 0 aliphatic carbocycles. The van der Waals surface area contributed by atoms with E-state index in [4.69, 9.17) is 4.74 Å². The summed E-state index contributed by atoms with van der Waals surface area (Å²) in [5.74, 6) is 0.216. The molecule has 4 rings (SSSR count). The van der Waals surface area contributed by atoms with E-state index in [1.54, 1.807) is 48.3 Å². The van der Waals surface area contributed by atoms with Crippen LogP contribution >= 0.6 is 0 Å². The highest BCUT2D eigenvalue weighted by molar-refractivity contribution is 7.89. The van der Waals surface area contributed by atoms with E-state index in [0.717, 1.165) is 11.3 Å². The molecule has 0 unspecified atom stereocenters. The maximum absolute atomic E-state index is 13.1. The summed E-state index contributed by atoms with van der Waals surface area (Å²) in [5.41, 5.74) is 3.25. The lowest BCUT2D eigenvalue weighted by Gasteiger charge is -2.10. The van der Waals surface area contributed by atoms with Crippen molar-refractivity contribution in [1.29, 1.82) is 0 Å². The SMILES string of the molecule is COc1ccccc1-c1nn(-c2ccccc2)cc1C(=O)NCCNS(=O)(=O)c1ccc(C)cc1. The Morgan fingerprint density at radius 3 is 2.34 bits per heavy atom. The highest BCUT2D eigenvalue weighted by atomic mass is 32.2. The van der Waals surface area contributed by atoms with E-state index < -0.39 is 10.0 Å². The van der Waals surface area contributed by atoms with Gasteiger partial charge in [-0.2, -0.15) is 5.10 Å². The Labute approximate surface area is 204 Å². The van der Waals surface area contributed by atoms with Gasteiger partial charge >= 0.3 is 0 Å². The van der Waals surface area contributed by atoms with E-state index in [9.17, 15) is 13.2 Å². The number of carbonyl (C=O) groups is 1. The summed E-state index contributed by atoms with van der Waals surface area (Å²) in [7, 11) is -2.10. The second kappa shape index (κ2) is 10.5. The number of amides is 1. The van der Waals surface area contributed by atoms with Crippen LogP contribution in [0.1, 0.15) is 15.9 Å². The van der Waals surface area contributed by atoms with Crippen molar-refractivity contribution in [3.63, 3.8) is 0 Å². The molecule has 1 aromatic heterocycles. The molecule has 4 aromatic rings. The van der Waals surface area contributed by atoms with Gasteiger partial charge in [0.1, 0.15) is 11.4 Å². The summed E-state index contributed by atoms with van der Waals surface area (Å²) in [4.78, 5) is 13.3. The number of methoxy groups -OCH3 is 1. The summed E-state index contributed by atoms with van der Waals surface area (Å²) >= 11 is 0. The van der Waals surface area contributed by atoms with Crippen LogP contribution in [0.15, 0.2) is 90.0 Å². The molecule has 3 aromatic carbocycles. The molecular formula is C26H26N4O4S. The van der Waals surface area contributed by atoms with E-state index in [0.29, 0.717) is 22.6 Å². The van der Waals surface area contributed by atoms with Crippen molar-refractivity contribution in [1.82, 2.24) is 19.8 Å². The number of benzene rings is 3. The van der Waals surface area contributed by atoms with E-state index in [-0.39, 0.29) is 23.9 Å². The highest BCUT2D eigenvalue weighted by Crippen LogP contribution is 2.31. The fourth-order valence-corrected chi connectivity index (χ4v) is 4.58. The van der Waals surface area contributed by atoms with Crippen molar-refractivity contribution < 1.29 is 17.9 Å². The standard InChI is InChI=1S/C26H26N4O4S/c1-19-12-14-21(15-13-19)35(32,33)28-17-16-27-26(31)23-18-30(20-8-4-3-5-9-20)29-25(23)22-10-6-7-11-24(22)34-2/h3-15,18,28H,16-17H2,1-2H3,(H,27,31). The third-order valence-corrected chi connectivity index (χ3v) is 6.85. The van der Waals surface area contributed by atoms with Crippen LogP contribution in [0.5, 0.6) is 5.75 Å². The second-order valence-electron chi connectivity index (χ2n) is 7.84. The van der Waals surface area contributed by atoms with Gasteiger partial charge in [0.25, 0.3) is 5.91 Å². The lowest BCUT2D eigenvalue weighted by Crippen LogP contribution is -2.34. The first kappa shape index (κ1) is 24.2. The minimum absolute atomic E-state index is 0.0404. The number of aromatic nitrogens is 2. The Morgan fingerprint density at radius 2 is 1.63 bits per heavy atom. The van der Waals surface area contributed by atoms with Crippen LogP contribution in [0.4, 0.5) is 0 Å². The van der Waals surface area contributed by atoms with Gasteiger partial charge in [-0.1, -0.05) is 48.0 Å². The molecule has 2 N–H and O–H groups in total. The van der Waals surface area contributed by atoms with Crippen LogP contribution in [0.25, 0.3) is 16.9 Å². The minimum atomic E-state index is -3.67. The number of carbonyl (C=O) groups excluding carboxylic acids is 1. The average Bonchev–Trinajstić information content (AvgIpc) is 3.33. The van der Waals surface area contributed by atoms with Crippen molar-refractivity contribution in [2.24, 2.45) is 0 Å². The van der Waals surface area contributed by atoms with Crippen LogP contribution in [-0.2, 0) is 10.0 Å². The molecule has 0 atom stereocenters. The van der Waals surface area contributed by atoms with Gasteiger partial charge in [0.2, 0.25) is 10.0 Å². The molecular weight excluding hydrogens is 464 g/mol. The topological polar surface area (TPSA) is 102 Å². The molecule has 0 aliphatic rings. The van der Waals surface area contributed by atoms with Crippen LogP contribution in [0.3, 0.4) is 0 Å². The number of para-hydroxylation sites is 2. The summed E-state index contributed by atoms with van der Waals surface area (Å²) in [6.07, 6.45) is 1.66. The van der Waals surface area contributed by atoms with Crippen molar-refractivity contribution in [3.8, 4) is 22.7 Å². The average molecular weight is 491 g/mol. The Bertz CT molecular complexity index is 1420. The molecule has 0 radical (unpaired) electrons. The van der Waals surface area contributed by atoms with Gasteiger partial charge < -0.3 is 10.1 Å². The van der Waals surface area contributed by atoms with Crippen LogP contribution in [-0.4, -0.2) is 44.3 Å². The number of sulfonamides is 1. The lowest BCUT2D eigenvalue weighted by molar-refractivity contribution is 0.0955. The largest absolute Gasteiger partial charge is 0.496 e. The van der Waals surface area contributed by atoms with Gasteiger partial charge in [-0.15, -0.1) is 0 Å². The highest BCUT2D eigenvalue weighted by Gasteiger charge is 2.21. The zero-order valence-corrected chi connectivity index (χ0v) is 20.2. The van der Waals surface area contributed by atoms with E-state index >= 15 is 0 Å². The van der Waals surface area contributed by atoms with Gasteiger partial charge in [0.05, 0.1) is 23.3 Å². The molecule has 9 heteroatoms. The minimum Gasteiger partial charge on any atom is -0.496 e. The first-order valence-electron chi connectivity index (χ1n) is 11.0. The smallest absolute Gasteiger partial charge is 0.255 e.